The molecule has 1 aromatic carbocycles. The Kier molecular flexibility index (Phi) is 4.75. The summed E-state index contributed by atoms with van der Waals surface area (Å²) in [7, 11) is 0. The van der Waals surface area contributed by atoms with E-state index >= 15 is 0 Å². The van der Waals surface area contributed by atoms with Crippen molar-refractivity contribution in [3.63, 3.8) is 0 Å². The van der Waals surface area contributed by atoms with E-state index in [4.69, 9.17) is 9.26 Å². The SMILES string of the molecule is CC(Sc1nnnn1CC1CCCO1)c1nc(-c2ccccc2)no1. The molecule has 0 bridgehead atoms. The third-order valence-electron chi connectivity index (χ3n) is 4.00. The molecule has 1 aliphatic rings. The lowest BCUT2D eigenvalue weighted by atomic mass is 10.2. The molecule has 2 aromatic heterocycles. The van der Waals surface area contributed by atoms with Gasteiger partial charge in [0.05, 0.1) is 17.9 Å². The molecule has 9 heteroatoms. The molecule has 2 atom stereocenters. The van der Waals surface area contributed by atoms with E-state index in [0.717, 1.165) is 30.2 Å². The van der Waals surface area contributed by atoms with Gasteiger partial charge in [-0.05, 0) is 30.2 Å². The van der Waals surface area contributed by atoms with Crippen LogP contribution in [0.3, 0.4) is 0 Å². The van der Waals surface area contributed by atoms with Crippen molar-refractivity contribution in [3.8, 4) is 11.4 Å². The van der Waals surface area contributed by atoms with Gasteiger partial charge in [-0.3, -0.25) is 0 Å². The van der Waals surface area contributed by atoms with E-state index < -0.39 is 0 Å². The first-order valence-corrected chi connectivity index (χ1v) is 9.11. The van der Waals surface area contributed by atoms with Crippen molar-refractivity contribution in [1.82, 2.24) is 30.3 Å². The van der Waals surface area contributed by atoms with E-state index in [0.29, 0.717) is 18.3 Å². The first-order chi connectivity index (χ1) is 12.3. The van der Waals surface area contributed by atoms with Crippen LogP contribution >= 0.6 is 11.8 Å². The second-order valence-electron chi connectivity index (χ2n) is 5.86. The van der Waals surface area contributed by atoms with Crippen LogP contribution in [0.15, 0.2) is 40.0 Å². The van der Waals surface area contributed by atoms with Crippen LogP contribution in [0.4, 0.5) is 0 Å². The number of hydrogen-bond acceptors (Lipinski definition) is 8. The predicted octanol–water partition coefficient (Wildman–Crippen LogP) is 2.76. The lowest BCUT2D eigenvalue weighted by Crippen LogP contribution is -2.17. The van der Waals surface area contributed by atoms with Crippen molar-refractivity contribution >= 4 is 11.8 Å². The Hall–Kier alpha value is -2.26. The molecule has 25 heavy (non-hydrogen) atoms. The fourth-order valence-corrected chi connectivity index (χ4v) is 3.52. The van der Waals surface area contributed by atoms with Crippen LogP contribution in [0.2, 0.25) is 0 Å². The Balaban J connectivity index is 1.45. The lowest BCUT2D eigenvalue weighted by molar-refractivity contribution is 0.0911. The van der Waals surface area contributed by atoms with Gasteiger partial charge in [-0.1, -0.05) is 47.3 Å². The molecule has 0 spiro atoms. The standard InChI is InChI=1S/C16H18N6O2S/c1-11(15-17-14(19-24-15)12-6-3-2-4-7-12)25-16-18-20-21-22(16)10-13-8-5-9-23-13/h2-4,6-7,11,13H,5,8-10H2,1H3. The van der Waals surface area contributed by atoms with E-state index in [9.17, 15) is 0 Å². The summed E-state index contributed by atoms with van der Waals surface area (Å²) < 4.78 is 12.9. The number of hydrogen-bond donors (Lipinski definition) is 0. The molecule has 0 saturated carbocycles. The maximum absolute atomic E-state index is 5.66. The van der Waals surface area contributed by atoms with Crippen LogP contribution in [0.25, 0.3) is 11.4 Å². The average Bonchev–Trinajstić information content (AvgIpc) is 3.38. The highest BCUT2D eigenvalue weighted by Crippen LogP contribution is 2.33. The molecule has 3 aromatic rings. The van der Waals surface area contributed by atoms with Crippen molar-refractivity contribution < 1.29 is 9.26 Å². The molecule has 2 unspecified atom stereocenters. The van der Waals surface area contributed by atoms with E-state index in [-0.39, 0.29) is 11.4 Å². The van der Waals surface area contributed by atoms with Gasteiger partial charge in [-0.25, -0.2) is 4.68 Å². The Morgan fingerprint density at radius 3 is 3.00 bits per heavy atom. The molecule has 1 aliphatic heterocycles. The molecular formula is C16H18N6O2S. The van der Waals surface area contributed by atoms with Crippen molar-refractivity contribution in [2.24, 2.45) is 0 Å². The summed E-state index contributed by atoms with van der Waals surface area (Å²) in [6, 6.07) is 9.76. The average molecular weight is 358 g/mol. The van der Waals surface area contributed by atoms with Gasteiger partial charge in [0.1, 0.15) is 0 Å². The van der Waals surface area contributed by atoms with Gasteiger partial charge in [0, 0.05) is 12.2 Å². The monoisotopic (exact) mass is 358 g/mol. The summed E-state index contributed by atoms with van der Waals surface area (Å²) >= 11 is 1.50. The number of thioether (sulfide) groups is 1. The normalized spacial score (nSPS) is 18.5. The Labute approximate surface area is 148 Å². The molecule has 0 aliphatic carbocycles. The minimum absolute atomic E-state index is 0.0563. The van der Waals surface area contributed by atoms with Gasteiger partial charge < -0.3 is 9.26 Å². The second-order valence-corrected chi connectivity index (χ2v) is 7.17. The van der Waals surface area contributed by atoms with Gasteiger partial charge in [-0.15, -0.1) is 5.10 Å². The van der Waals surface area contributed by atoms with E-state index in [1.165, 1.54) is 11.8 Å². The minimum Gasteiger partial charge on any atom is -0.376 e. The van der Waals surface area contributed by atoms with Gasteiger partial charge in [0.2, 0.25) is 16.9 Å². The minimum atomic E-state index is -0.0563. The summed E-state index contributed by atoms with van der Waals surface area (Å²) in [6.45, 7) is 3.48. The first-order valence-electron chi connectivity index (χ1n) is 8.23. The maximum Gasteiger partial charge on any atom is 0.240 e. The fraction of sp³-hybridized carbons (Fsp3) is 0.438. The van der Waals surface area contributed by atoms with Crippen LogP contribution in [0.1, 0.15) is 30.9 Å². The third kappa shape index (κ3) is 3.72. The highest BCUT2D eigenvalue weighted by Gasteiger charge is 2.22. The van der Waals surface area contributed by atoms with Gasteiger partial charge in [-0.2, -0.15) is 4.98 Å². The molecule has 8 nitrogen and oxygen atoms in total. The van der Waals surface area contributed by atoms with Crippen LogP contribution < -0.4 is 0 Å². The fourth-order valence-electron chi connectivity index (χ4n) is 2.69. The first kappa shape index (κ1) is 16.2. The zero-order valence-corrected chi connectivity index (χ0v) is 14.6. The van der Waals surface area contributed by atoms with Crippen LogP contribution in [-0.2, 0) is 11.3 Å². The highest BCUT2D eigenvalue weighted by molar-refractivity contribution is 7.99. The summed E-state index contributed by atoms with van der Waals surface area (Å²) in [5, 5.41) is 16.7. The lowest BCUT2D eigenvalue weighted by Gasteiger charge is -2.11. The number of benzene rings is 1. The van der Waals surface area contributed by atoms with Crippen LogP contribution in [0, 0.1) is 0 Å². The maximum atomic E-state index is 5.66. The molecule has 3 heterocycles. The Bertz CT molecular complexity index is 815. The molecule has 0 N–H and O–H groups in total. The number of ether oxygens (including phenoxy) is 1. The number of nitrogens with zero attached hydrogens (tertiary/aromatic N) is 6. The summed E-state index contributed by atoms with van der Waals surface area (Å²) in [5.74, 6) is 1.14. The molecule has 1 saturated heterocycles. The van der Waals surface area contributed by atoms with E-state index in [1.807, 2.05) is 37.3 Å². The molecule has 4 rings (SSSR count). The van der Waals surface area contributed by atoms with Crippen molar-refractivity contribution in [2.45, 2.75) is 42.8 Å². The van der Waals surface area contributed by atoms with Gasteiger partial charge in [0.15, 0.2) is 0 Å². The summed E-state index contributed by atoms with van der Waals surface area (Å²) in [6.07, 6.45) is 2.32. The number of rotatable bonds is 6. The topological polar surface area (TPSA) is 91.8 Å². The zero-order chi connectivity index (χ0) is 17.1. The van der Waals surface area contributed by atoms with E-state index in [2.05, 4.69) is 25.7 Å². The Morgan fingerprint density at radius 1 is 1.32 bits per heavy atom. The largest absolute Gasteiger partial charge is 0.376 e. The number of aromatic nitrogens is 6. The smallest absolute Gasteiger partial charge is 0.240 e. The van der Waals surface area contributed by atoms with Crippen LogP contribution in [-0.4, -0.2) is 43.1 Å². The van der Waals surface area contributed by atoms with Crippen molar-refractivity contribution in [1.29, 1.82) is 0 Å². The summed E-state index contributed by atoms with van der Waals surface area (Å²) in [4.78, 5) is 4.49. The molecule has 0 amide bonds. The molecular weight excluding hydrogens is 340 g/mol. The van der Waals surface area contributed by atoms with Gasteiger partial charge in [0.25, 0.3) is 0 Å². The van der Waals surface area contributed by atoms with E-state index in [1.54, 1.807) is 4.68 Å². The zero-order valence-electron chi connectivity index (χ0n) is 13.8. The molecule has 0 radical (unpaired) electrons. The summed E-state index contributed by atoms with van der Waals surface area (Å²) in [5.41, 5.74) is 0.929. The molecule has 1 fully saturated rings. The van der Waals surface area contributed by atoms with Crippen molar-refractivity contribution in [2.75, 3.05) is 6.61 Å². The molecule has 130 valence electrons. The Morgan fingerprint density at radius 2 is 2.20 bits per heavy atom. The quantitative estimate of drug-likeness (QED) is 0.621. The van der Waals surface area contributed by atoms with Crippen LogP contribution in [0.5, 0.6) is 0 Å². The third-order valence-corrected chi connectivity index (χ3v) is 5.06. The predicted molar refractivity (Wildman–Crippen MR) is 90.8 cm³/mol. The second kappa shape index (κ2) is 7.32. The van der Waals surface area contributed by atoms with Crippen molar-refractivity contribution in [3.05, 3.63) is 36.2 Å². The number of tetrazole rings is 1. The highest BCUT2D eigenvalue weighted by atomic mass is 32.2. The van der Waals surface area contributed by atoms with Gasteiger partial charge >= 0.3 is 0 Å².